The summed E-state index contributed by atoms with van der Waals surface area (Å²) in [5.41, 5.74) is 0. The molecule has 0 spiro atoms. The minimum absolute atomic E-state index is 0.0942. The highest BCUT2D eigenvalue weighted by atomic mass is 16.7. The fraction of sp³-hybridized carbons (Fsp3) is 0.938. The van der Waals surface area contributed by atoms with Gasteiger partial charge in [-0.1, -0.05) is 45.4 Å². The van der Waals surface area contributed by atoms with Crippen LogP contribution in [0.25, 0.3) is 0 Å². The van der Waals surface area contributed by atoms with Gasteiger partial charge in [-0.3, -0.25) is 4.79 Å². The molecule has 0 amide bonds. The van der Waals surface area contributed by atoms with E-state index in [-0.39, 0.29) is 12.4 Å². The van der Waals surface area contributed by atoms with Crippen molar-refractivity contribution in [3.05, 3.63) is 0 Å². The number of Topliss-reactive ketones (excluding diaryl/α,β-unsaturated/α-hetero) is 1. The maximum atomic E-state index is 11.7. The lowest BCUT2D eigenvalue weighted by Gasteiger charge is -2.07. The first-order valence-electron chi connectivity index (χ1n) is 8.01. The number of hydrogen-bond donors (Lipinski definition) is 0. The van der Waals surface area contributed by atoms with E-state index in [9.17, 15) is 4.79 Å². The average Bonchev–Trinajstić information content (AvgIpc) is 2.81. The topological polar surface area (TPSA) is 35.5 Å². The van der Waals surface area contributed by atoms with Crippen molar-refractivity contribution < 1.29 is 14.3 Å². The quantitative estimate of drug-likeness (QED) is 0.527. The molecule has 1 rings (SSSR count). The molecule has 1 fully saturated rings. The first-order valence-corrected chi connectivity index (χ1v) is 8.01. The molecule has 1 saturated heterocycles. The van der Waals surface area contributed by atoms with Gasteiger partial charge in [0.2, 0.25) is 0 Å². The van der Waals surface area contributed by atoms with E-state index in [1.807, 2.05) is 6.92 Å². The van der Waals surface area contributed by atoms with E-state index < -0.39 is 0 Å². The maximum absolute atomic E-state index is 11.7. The SMILES string of the molecule is CCCCCCCCCC(=O)CCC1COC(C)O1. The van der Waals surface area contributed by atoms with Crippen LogP contribution in [0.15, 0.2) is 0 Å². The summed E-state index contributed by atoms with van der Waals surface area (Å²) < 4.78 is 10.8. The monoisotopic (exact) mass is 270 g/mol. The van der Waals surface area contributed by atoms with Crippen molar-refractivity contribution in [2.75, 3.05) is 6.61 Å². The molecular formula is C16H30O3. The predicted octanol–water partition coefficient (Wildman–Crippen LogP) is 4.24. The van der Waals surface area contributed by atoms with Crippen LogP contribution in [0.4, 0.5) is 0 Å². The summed E-state index contributed by atoms with van der Waals surface area (Å²) in [5.74, 6) is 0.386. The Morgan fingerprint density at radius 2 is 1.74 bits per heavy atom. The van der Waals surface area contributed by atoms with Crippen molar-refractivity contribution in [3.8, 4) is 0 Å². The van der Waals surface area contributed by atoms with Crippen molar-refractivity contribution >= 4 is 5.78 Å². The molecule has 0 saturated carbocycles. The number of hydrogen-bond acceptors (Lipinski definition) is 3. The number of rotatable bonds is 11. The molecular weight excluding hydrogens is 240 g/mol. The average molecular weight is 270 g/mol. The Bertz CT molecular complexity index is 240. The summed E-state index contributed by atoms with van der Waals surface area (Å²) in [6, 6.07) is 0. The minimum Gasteiger partial charge on any atom is -0.350 e. The molecule has 1 aliphatic rings. The number of ether oxygens (including phenoxy) is 2. The van der Waals surface area contributed by atoms with Crippen molar-refractivity contribution in [1.29, 1.82) is 0 Å². The highest BCUT2D eigenvalue weighted by Crippen LogP contribution is 2.16. The van der Waals surface area contributed by atoms with E-state index in [1.165, 1.54) is 38.5 Å². The Hall–Kier alpha value is -0.410. The summed E-state index contributed by atoms with van der Waals surface area (Å²) >= 11 is 0. The molecule has 0 bridgehead atoms. The van der Waals surface area contributed by atoms with Gasteiger partial charge in [-0.05, 0) is 19.8 Å². The standard InChI is InChI=1S/C16H30O3/c1-3-4-5-6-7-8-9-10-15(17)11-12-16-13-18-14(2)19-16/h14,16H,3-13H2,1-2H3. The molecule has 2 atom stereocenters. The fourth-order valence-electron chi connectivity index (χ4n) is 2.47. The third kappa shape index (κ3) is 8.38. The van der Waals surface area contributed by atoms with Crippen molar-refractivity contribution in [2.24, 2.45) is 0 Å². The molecule has 0 radical (unpaired) electrons. The molecule has 2 unspecified atom stereocenters. The molecule has 1 aliphatic heterocycles. The van der Waals surface area contributed by atoms with Crippen LogP contribution in [0.1, 0.15) is 78.1 Å². The van der Waals surface area contributed by atoms with Crippen LogP contribution >= 0.6 is 0 Å². The van der Waals surface area contributed by atoms with Crippen LogP contribution < -0.4 is 0 Å². The number of ketones is 1. The van der Waals surface area contributed by atoms with Gasteiger partial charge in [0.15, 0.2) is 6.29 Å². The maximum Gasteiger partial charge on any atom is 0.155 e. The molecule has 0 aromatic carbocycles. The number of carbonyl (C=O) groups is 1. The second-order valence-corrected chi connectivity index (χ2v) is 5.61. The van der Waals surface area contributed by atoms with E-state index in [0.29, 0.717) is 18.8 Å². The number of carbonyl (C=O) groups excluding carboxylic acids is 1. The molecule has 0 aromatic heterocycles. The van der Waals surface area contributed by atoms with Crippen LogP contribution in [0.2, 0.25) is 0 Å². The van der Waals surface area contributed by atoms with Gasteiger partial charge < -0.3 is 9.47 Å². The second-order valence-electron chi connectivity index (χ2n) is 5.61. The van der Waals surface area contributed by atoms with Crippen LogP contribution in [0, 0.1) is 0 Å². The van der Waals surface area contributed by atoms with E-state index >= 15 is 0 Å². The summed E-state index contributed by atoms with van der Waals surface area (Å²) in [4.78, 5) is 11.7. The summed E-state index contributed by atoms with van der Waals surface area (Å²) in [7, 11) is 0. The number of unbranched alkanes of at least 4 members (excludes halogenated alkanes) is 6. The zero-order chi connectivity index (χ0) is 13.9. The summed E-state index contributed by atoms with van der Waals surface area (Å²) in [5, 5.41) is 0. The van der Waals surface area contributed by atoms with Crippen LogP contribution in [-0.2, 0) is 14.3 Å². The van der Waals surface area contributed by atoms with Crippen LogP contribution in [-0.4, -0.2) is 24.8 Å². The van der Waals surface area contributed by atoms with E-state index in [2.05, 4.69) is 6.92 Å². The van der Waals surface area contributed by atoms with E-state index in [0.717, 1.165) is 19.3 Å². The molecule has 0 aromatic rings. The zero-order valence-electron chi connectivity index (χ0n) is 12.7. The largest absolute Gasteiger partial charge is 0.350 e. The lowest BCUT2D eigenvalue weighted by molar-refractivity contribution is -0.120. The first kappa shape index (κ1) is 16.6. The van der Waals surface area contributed by atoms with Gasteiger partial charge in [0.25, 0.3) is 0 Å². The van der Waals surface area contributed by atoms with Gasteiger partial charge in [-0.2, -0.15) is 0 Å². The summed E-state index contributed by atoms with van der Waals surface area (Å²) in [6.45, 7) is 4.78. The minimum atomic E-state index is -0.0942. The Kier molecular flexibility index (Phi) is 9.10. The molecule has 3 nitrogen and oxygen atoms in total. The van der Waals surface area contributed by atoms with Gasteiger partial charge in [0, 0.05) is 12.8 Å². The Morgan fingerprint density at radius 3 is 2.37 bits per heavy atom. The molecule has 0 aliphatic carbocycles. The predicted molar refractivity (Wildman–Crippen MR) is 77.1 cm³/mol. The van der Waals surface area contributed by atoms with Crippen LogP contribution in [0.3, 0.4) is 0 Å². The smallest absolute Gasteiger partial charge is 0.155 e. The Morgan fingerprint density at radius 1 is 1.05 bits per heavy atom. The third-order valence-electron chi connectivity index (χ3n) is 3.71. The van der Waals surface area contributed by atoms with Gasteiger partial charge in [-0.25, -0.2) is 0 Å². The molecule has 3 heteroatoms. The van der Waals surface area contributed by atoms with Gasteiger partial charge >= 0.3 is 0 Å². The zero-order valence-corrected chi connectivity index (χ0v) is 12.7. The lowest BCUT2D eigenvalue weighted by atomic mass is 10.0. The normalized spacial score (nSPS) is 22.8. The Labute approximate surface area is 118 Å². The highest BCUT2D eigenvalue weighted by molar-refractivity contribution is 5.78. The molecule has 112 valence electrons. The van der Waals surface area contributed by atoms with Crippen molar-refractivity contribution in [1.82, 2.24) is 0 Å². The molecule has 1 heterocycles. The first-order chi connectivity index (χ1) is 9.22. The Balaban J connectivity index is 1.88. The van der Waals surface area contributed by atoms with E-state index in [4.69, 9.17) is 9.47 Å². The van der Waals surface area contributed by atoms with Crippen LogP contribution in [0.5, 0.6) is 0 Å². The molecule has 19 heavy (non-hydrogen) atoms. The highest BCUT2D eigenvalue weighted by Gasteiger charge is 2.22. The van der Waals surface area contributed by atoms with Gasteiger partial charge in [0.1, 0.15) is 5.78 Å². The second kappa shape index (κ2) is 10.4. The van der Waals surface area contributed by atoms with Gasteiger partial charge in [0.05, 0.1) is 12.7 Å². The molecule has 0 N–H and O–H groups in total. The third-order valence-corrected chi connectivity index (χ3v) is 3.71. The summed E-state index contributed by atoms with van der Waals surface area (Å²) in [6.07, 6.45) is 11.1. The van der Waals surface area contributed by atoms with Crippen molar-refractivity contribution in [2.45, 2.75) is 90.4 Å². The van der Waals surface area contributed by atoms with Crippen molar-refractivity contribution in [3.63, 3.8) is 0 Å². The lowest BCUT2D eigenvalue weighted by Crippen LogP contribution is -2.12. The van der Waals surface area contributed by atoms with Gasteiger partial charge in [-0.15, -0.1) is 0 Å². The fourth-order valence-corrected chi connectivity index (χ4v) is 2.47. The van der Waals surface area contributed by atoms with E-state index in [1.54, 1.807) is 0 Å².